The van der Waals surface area contributed by atoms with Crippen molar-refractivity contribution < 1.29 is 18.2 Å². The number of halogens is 2. The summed E-state index contributed by atoms with van der Waals surface area (Å²) in [6.45, 7) is 10.8. The molecule has 0 fully saturated rings. The number of fused-ring (bicyclic) bond motifs is 1. The van der Waals surface area contributed by atoms with Gasteiger partial charge in [-0.3, -0.25) is 0 Å². The van der Waals surface area contributed by atoms with Crippen molar-refractivity contribution in [2.24, 2.45) is 5.41 Å². The molecule has 3 aromatic rings. The average Bonchev–Trinajstić information content (AvgIpc) is 2.87. The van der Waals surface area contributed by atoms with Crippen LogP contribution in [0.1, 0.15) is 34.6 Å². The minimum atomic E-state index is -3.88. The van der Waals surface area contributed by atoms with Gasteiger partial charge in [-0.15, -0.1) is 0 Å². The molecule has 0 N–H and O–H groups in total. The standard InChI is InChI=1S/C16H12O.C10H15.2ClH.Ti/c17-15-11-10-12-6-4-5-9-14(12)16(15)13-7-2-1-3-8-13;1-7-6-10(4,5)9(3)8(7)2;;;/h1-11,17H;1-5H3;2*1H;/q;;;;+3/p-3. The summed E-state index contributed by atoms with van der Waals surface area (Å²) in [5.74, 6) is 0.753. The number of hydrogen-bond acceptors (Lipinski definition) is 1. The molecule has 0 aliphatic heterocycles. The van der Waals surface area contributed by atoms with Gasteiger partial charge in [0.25, 0.3) is 0 Å². The summed E-state index contributed by atoms with van der Waals surface area (Å²) in [6, 6.07) is 22.8. The molecule has 0 spiro atoms. The summed E-state index contributed by atoms with van der Waals surface area (Å²) in [4.78, 5) is 0. The van der Waals surface area contributed by atoms with Crippen LogP contribution >= 0.6 is 18.6 Å². The van der Waals surface area contributed by atoms with E-state index in [0.717, 1.165) is 31.5 Å². The number of rotatable bonds is 4. The van der Waals surface area contributed by atoms with Crippen molar-refractivity contribution in [2.45, 2.75) is 34.6 Å². The summed E-state index contributed by atoms with van der Waals surface area (Å²) in [5, 5.41) is 2.30. The predicted octanol–water partition coefficient (Wildman–Crippen LogP) is 8.91. The SMILES string of the molecule is CC1=C(C)C(C)(C)[C]([Ti]([Cl])([Cl])[O]c2ccc3ccccc3c2-c2ccccc2)=C1C. The molecule has 1 nitrogen and oxygen atoms in total. The quantitative estimate of drug-likeness (QED) is 0.344. The fourth-order valence-electron chi connectivity index (χ4n) is 4.60. The molecule has 1 aliphatic rings. The molecule has 154 valence electrons. The molecular formula is C26H26Cl2OTi. The van der Waals surface area contributed by atoms with Crippen LogP contribution in [0.2, 0.25) is 0 Å². The molecule has 4 rings (SSSR count). The van der Waals surface area contributed by atoms with Crippen LogP contribution in [0.15, 0.2) is 87.3 Å². The minimum absolute atomic E-state index is 0.193. The van der Waals surface area contributed by atoms with E-state index in [-0.39, 0.29) is 5.41 Å². The van der Waals surface area contributed by atoms with Crippen LogP contribution in [0.5, 0.6) is 5.75 Å². The van der Waals surface area contributed by atoms with E-state index in [1.165, 1.54) is 16.7 Å². The van der Waals surface area contributed by atoms with E-state index < -0.39 is 14.9 Å². The Morgan fingerprint density at radius 1 is 0.767 bits per heavy atom. The molecule has 1 aliphatic carbocycles. The van der Waals surface area contributed by atoms with Crippen LogP contribution in [0.4, 0.5) is 0 Å². The first-order valence-electron chi connectivity index (χ1n) is 10.2. The second-order valence-electron chi connectivity index (χ2n) is 8.52. The third-order valence-corrected chi connectivity index (χ3v) is 12.0. The molecule has 0 saturated heterocycles. The molecule has 0 radical (unpaired) electrons. The van der Waals surface area contributed by atoms with Crippen molar-refractivity contribution in [3.63, 3.8) is 0 Å². The predicted molar refractivity (Wildman–Crippen MR) is 127 cm³/mol. The van der Waals surface area contributed by atoms with Crippen LogP contribution < -0.4 is 3.32 Å². The van der Waals surface area contributed by atoms with Crippen molar-refractivity contribution in [2.75, 3.05) is 0 Å². The van der Waals surface area contributed by atoms with Crippen LogP contribution in [-0.4, -0.2) is 0 Å². The summed E-state index contributed by atoms with van der Waals surface area (Å²) in [7, 11) is 14.3. The number of allylic oxidation sites excluding steroid dienone is 4. The molecule has 0 bridgehead atoms. The molecule has 0 amide bonds. The molecule has 0 aromatic heterocycles. The molecule has 0 unspecified atom stereocenters. The van der Waals surface area contributed by atoms with Gasteiger partial charge in [0.15, 0.2) is 0 Å². The van der Waals surface area contributed by atoms with Gasteiger partial charge in [0, 0.05) is 0 Å². The number of benzene rings is 3. The fourth-order valence-corrected chi connectivity index (χ4v) is 11.7. The second kappa shape index (κ2) is 7.88. The van der Waals surface area contributed by atoms with Gasteiger partial charge in [0.05, 0.1) is 0 Å². The summed E-state index contributed by atoms with van der Waals surface area (Å²) in [6.07, 6.45) is 0. The molecule has 0 saturated carbocycles. The first kappa shape index (κ1) is 21.7. The Kier molecular flexibility index (Phi) is 5.70. The van der Waals surface area contributed by atoms with Crippen molar-refractivity contribution in [1.82, 2.24) is 0 Å². The zero-order valence-corrected chi connectivity index (χ0v) is 21.1. The van der Waals surface area contributed by atoms with Gasteiger partial charge in [-0.2, -0.15) is 0 Å². The molecule has 30 heavy (non-hydrogen) atoms. The maximum absolute atomic E-state index is 7.14. The first-order valence-corrected chi connectivity index (χ1v) is 15.9. The normalized spacial score (nSPS) is 16.5. The number of hydrogen-bond donors (Lipinski definition) is 0. The maximum atomic E-state index is 7.14. The Morgan fingerprint density at radius 2 is 1.40 bits per heavy atom. The van der Waals surface area contributed by atoms with Crippen molar-refractivity contribution in [3.8, 4) is 16.9 Å². The Labute approximate surface area is 190 Å². The molecule has 4 heteroatoms. The second-order valence-corrected chi connectivity index (χ2v) is 16.4. The summed E-state index contributed by atoms with van der Waals surface area (Å²) >= 11 is -3.88. The summed E-state index contributed by atoms with van der Waals surface area (Å²) in [5.41, 5.74) is 5.72. The summed E-state index contributed by atoms with van der Waals surface area (Å²) < 4.78 is 7.71. The van der Waals surface area contributed by atoms with Crippen LogP contribution in [0.3, 0.4) is 0 Å². The van der Waals surface area contributed by atoms with E-state index in [2.05, 4.69) is 77.1 Å². The van der Waals surface area contributed by atoms with Crippen LogP contribution in [-0.2, 0) is 14.9 Å². The fraction of sp³-hybridized carbons (Fsp3) is 0.231. The van der Waals surface area contributed by atoms with E-state index in [0.29, 0.717) is 0 Å². The Hall–Kier alpha value is -1.51. The zero-order valence-electron chi connectivity index (χ0n) is 18.0. The van der Waals surface area contributed by atoms with Crippen LogP contribution in [0.25, 0.3) is 21.9 Å². The average molecular weight is 473 g/mol. The van der Waals surface area contributed by atoms with E-state index >= 15 is 0 Å². The monoisotopic (exact) mass is 472 g/mol. The Morgan fingerprint density at radius 3 is 2.03 bits per heavy atom. The van der Waals surface area contributed by atoms with Gasteiger partial charge in [0.2, 0.25) is 0 Å². The van der Waals surface area contributed by atoms with Gasteiger partial charge in [0.1, 0.15) is 0 Å². The molecule has 3 aromatic carbocycles. The Balaban J connectivity index is 1.88. The van der Waals surface area contributed by atoms with Gasteiger partial charge < -0.3 is 0 Å². The van der Waals surface area contributed by atoms with Gasteiger partial charge in [-0.25, -0.2) is 0 Å². The molecular weight excluding hydrogens is 447 g/mol. The van der Waals surface area contributed by atoms with E-state index in [9.17, 15) is 0 Å². The topological polar surface area (TPSA) is 9.23 Å². The molecule has 0 heterocycles. The van der Waals surface area contributed by atoms with Crippen molar-refractivity contribution in [1.29, 1.82) is 0 Å². The van der Waals surface area contributed by atoms with E-state index in [1.807, 2.05) is 24.3 Å². The molecule has 0 atom stereocenters. The zero-order chi connectivity index (χ0) is 21.7. The Bertz CT molecular complexity index is 1190. The van der Waals surface area contributed by atoms with Gasteiger partial charge in [-0.1, -0.05) is 0 Å². The van der Waals surface area contributed by atoms with Crippen molar-refractivity contribution >= 4 is 29.4 Å². The first-order chi connectivity index (χ1) is 14.1. The van der Waals surface area contributed by atoms with Gasteiger partial charge >= 0.3 is 192 Å². The van der Waals surface area contributed by atoms with E-state index in [4.69, 9.17) is 21.9 Å². The van der Waals surface area contributed by atoms with Gasteiger partial charge in [-0.05, 0) is 0 Å². The third kappa shape index (κ3) is 3.57. The van der Waals surface area contributed by atoms with Crippen LogP contribution in [0, 0.1) is 5.41 Å². The third-order valence-electron chi connectivity index (χ3n) is 6.54. The van der Waals surface area contributed by atoms with E-state index in [1.54, 1.807) is 0 Å². The van der Waals surface area contributed by atoms with Crippen molar-refractivity contribution in [3.05, 3.63) is 87.3 Å².